The van der Waals surface area contributed by atoms with E-state index in [2.05, 4.69) is 43.8 Å². The first kappa shape index (κ1) is 61.8. The van der Waals surface area contributed by atoms with Gasteiger partial charge < -0.3 is 88.2 Å². The van der Waals surface area contributed by atoms with Gasteiger partial charge in [-0.05, 0) is 31.7 Å². The average Bonchev–Trinajstić information content (AvgIpc) is 3.80. The Hall–Kier alpha value is -4.77. The number of rotatable bonds is 35. The second-order valence-electron chi connectivity index (χ2n) is 19.8. The minimum absolute atomic E-state index is 0.0425. The van der Waals surface area contributed by atoms with Crippen LogP contribution in [0.5, 0.6) is 0 Å². The summed E-state index contributed by atoms with van der Waals surface area (Å²) in [6, 6.07) is -4.48. The number of carbonyl (C=O) groups excluding carboxylic acids is 2. The molecule has 1 aromatic rings. The maximum atomic E-state index is 14.0. The van der Waals surface area contributed by atoms with Gasteiger partial charge in [-0.25, -0.2) is 14.4 Å². The normalized spacial score (nSPS) is 25.9. The molecule has 17 N–H and O–H groups in total. The Bertz CT molecular complexity index is 2030. The minimum atomic E-state index is -1.90. The zero-order valence-corrected chi connectivity index (χ0v) is 43.1. The van der Waals surface area contributed by atoms with Crippen LogP contribution in [-0.2, 0) is 28.6 Å². The SMILES string of the molecule is CCCCCCCCCCCCCCC[C@@H](NC[C@@H](NC(=O)N[C@H](C(=O)O)C(C)C)[C@@H]1CCN=C(N)N1)C(=O)NCCCN[C@H](C(=O)O)[C@H](O[C@@H]1O[C@H](CN)[C@@H](O)[C@H]1O)[C@H]1O[C@@H](n2ccc(=O)[nH]c2=O)[C@H](O)[C@@H]1O. The number of aliphatic hydroxyl groups is 4. The van der Waals surface area contributed by atoms with Gasteiger partial charge in [-0.3, -0.25) is 28.9 Å². The van der Waals surface area contributed by atoms with E-state index in [0.29, 0.717) is 25.8 Å². The zero-order valence-electron chi connectivity index (χ0n) is 43.1. The van der Waals surface area contributed by atoms with E-state index >= 15 is 0 Å². The molecule has 0 bridgehead atoms. The minimum Gasteiger partial charge on any atom is -0.480 e. The van der Waals surface area contributed by atoms with Crippen molar-refractivity contribution in [3.63, 3.8) is 0 Å². The summed E-state index contributed by atoms with van der Waals surface area (Å²) >= 11 is 0. The van der Waals surface area contributed by atoms with Crippen LogP contribution in [0.15, 0.2) is 26.8 Å². The van der Waals surface area contributed by atoms with Gasteiger partial charge in [0.05, 0.1) is 18.1 Å². The first-order valence-electron chi connectivity index (χ1n) is 26.4. The van der Waals surface area contributed by atoms with Crippen LogP contribution in [0.1, 0.15) is 130 Å². The number of unbranched alkanes of at least 4 members (excludes halogenated alkanes) is 12. The molecule has 26 nitrogen and oxygen atoms in total. The van der Waals surface area contributed by atoms with Crippen LogP contribution in [0, 0.1) is 5.92 Å². The van der Waals surface area contributed by atoms with Gasteiger partial charge in [0.25, 0.3) is 5.56 Å². The highest BCUT2D eigenvalue weighted by Crippen LogP contribution is 2.34. The third-order valence-corrected chi connectivity index (χ3v) is 13.8. The van der Waals surface area contributed by atoms with Crippen LogP contribution in [-0.4, -0.2) is 182 Å². The molecule has 0 radical (unpaired) electrons. The van der Waals surface area contributed by atoms with Gasteiger partial charge in [0.2, 0.25) is 5.91 Å². The summed E-state index contributed by atoms with van der Waals surface area (Å²) < 4.78 is 18.2. The van der Waals surface area contributed by atoms with E-state index in [0.717, 1.165) is 42.5 Å². The van der Waals surface area contributed by atoms with Gasteiger partial charge in [0.1, 0.15) is 54.8 Å². The summed E-state index contributed by atoms with van der Waals surface area (Å²) in [7, 11) is 0. The number of carboxylic acid groups (broad SMARTS) is 2. The lowest BCUT2D eigenvalue weighted by atomic mass is 9.98. The smallest absolute Gasteiger partial charge is 0.330 e. The number of guanidine groups is 1. The molecule has 14 atom stereocenters. The number of aromatic amines is 1. The van der Waals surface area contributed by atoms with Crippen LogP contribution in [0.25, 0.3) is 0 Å². The molecule has 0 aliphatic carbocycles. The molecular weight excluding hydrogens is 971 g/mol. The Morgan fingerprint density at radius 1 is 0.824 bits per heavy atom. The van der Waals surface area contributed by atoms with E-state index in [1.54, 1.807) is 13.8 Å². The molecule has 2 saturated heterocycles. The predicted octanol–water partition coefficient (Wildman–Crippen LogP) is -1.61. The molecule has 0 spiro atoms. The molecule has 74 heavy (non-hydrogen) atoms. The van der Waals surface area contributed by atoms with Crippen molar-refractivity contribution in [1.29, 1.82) is 0 Å². The fourth-order valence-electron chi connectivity index (χ4n) is 9.42. The van der Waals surface area contributed by atoms with Crippen molar-refractivity contribution in [2.24, 2.45) is 22.4 Å². The first-order valence-corrected chi connectivity index (χ1v) is 26.4. The maximum absolute atomic E-state index is 14.0. The quantitative estimate of drug-likeness (QED) is 0.0340. The Morgan fingerprint density at radius 2 is 1.46 bits per heavy atom. The Morgan fingerprint density at radius 3 is 2.03 bits per heavy atom. The van der Waals surface area contributed by atoms with E-state index in [4.69, 9.17) is 25.7 Å². The standard InChI is InChI=1S/C48H85N11O15/c1-4-5-6-7-8-9-10-11-12-13-14-15-16-18-29(54-26-30(28-19-23-53-46(50)55-28)56-47(70)58-33(27(2)3)43(66)67)41(65)52-22-17-21-51-34(44(68)69)39(74-45-38(64)35(61)31(25-49)72-45)40-36(62)37(63)42(73-40)59-24-20-32(60)57-48(59)71/h20,24,27-31,33-40,42,45,51,54,61-64H,4-19,21-23,25-26,49H2,1-3H3,(H,52,65)(H,66,67)(H,68,69)(H3,50,53,55)(H2,56,58,70)(H,57,60,71)/t28-,29+,30+,31+,33-,34-,35+,36-,37+,38+,39-,40-,42+,45-/m0/s1. The molecule has 422 valence electrons. The van der Waals surface area contributed by atoms with Crippen molar-refractivity contribution in [3.8, 4) is 0 Å². The fraction of sp³-hybridized carbons (Fsp3) is 0.812. The monoisotopic (exact) mass is 1060 g/mol. The number of nitrogens with two attached hydrogens (primary N) is 2. The van der Waals surface area contributed by atoms with Crippen molar-refractivity contribution in [2.45, 2.75) is 209 Å². The maximum Gasteiger partial charge on any atom is 0.330 e. The number of hydrogen-bond acceptors (Lipinski definition) is 19. The first-order chi connectivity index (χ1) is 35.4. The average molecular weight is 1060 g/mol. The molecule has 0 saturated carbocycles. The molecule has 0 aromatic carbocycles. The summed E-state index contributed by atoms with van der Waals surface area (Å²) in [4.78, 5) is 82.7. The zero-order chi connectivity index (χ0) is 54.3. The van der Waals surface area contributed by atoms with Crippen molar-refractivity contribution in [3.05, 3.63) is 33.1 Å². The fourth-order valence-corrected chi connectivity index (χ4v) is 9.42. The van der Waals surface area contributed by atoms with Crippen LogP contribution in [0.4, 0.5) is 4.79 Å². The summed E-state index contributed by atoms with van der Waals surface area (Å²) in [6.07, 6.45) is 2.03. The van der Waals surface area contributed by atoms with Crippen LogP contribution in [0.2, 0.25) is 0 Å². The highest BCUT2D eigenvalue weighted by molar-refractivity contribution is 5.83. The second-order valence-corrected chi connectivity index (χ2v) is 19.8. The topological polar surface area (TPSA) is 409 Å². The van der Waals surface area contributed by atoms with Crippen molar-refractivity contribution >= 4 is 29.8 Å². The Balaban J connectivity index is 1.43. The molecule has 26 heteroatoms. The largest absolute Gasteiger partial charge is 0.480 e. The molecular formula is C48H85N11O15. The highest BCUT2D eigenvalue weighted by Gasteiger charge is 2.54. The van der Waals surface area contributed by atoms with Gasteiger partial charge in [-0.15, -0.1) is 0 Å². The van der Waals surface area contributed by atoms with Gasteiger partial charge in [-0.1, -0.05) is 104 Å². The number of ether oxygens (including phenoxy) is 3. The number of urea groups is 1. The molecule has 4 rings (SSSR count). The third kappa shape index (κ3) is 19.1. The van der Waals surface area contributed by atoms with E-state index in [1.807, 2.05) is 4.98 Å². The Labute approximate surface area is 431 Å². The number of amides is 3. The lowest BCUT2D eigenvalue weighted by Gasteiger charge is -2.33. The van der Waals surface area contributed by atoms with Crippen molar-refractivity contribution in [1.82, 2.24) is 41.5 Å². The van der Waals surface area contributed by atoms with Crippen LogP contribution >= 0.6 is 0 Å². The van der Waals surface area contributed by atoms with Crippen molar-refractivity contribution < 1.29 is 64.0 Å². The van der Waals surface area contributed by atoms with E-state index in [1.165, 1.54) is 51.4 Å². The number of carboxylic acids is 2. The number of nitrogens with zero attached hydrogens (tertiary/aromatic N) is 2. The van der Waals surface area contributed by atoms with E-state index < -0.39 is 121 Å². The predicted molar refractivity (Wildman–Crippen MR) is 271 cm³/mol. The summed E-state index contributed by atoms with van der Waals surface area (Å²) in [5.41, 5.74) is 9.96. The third-order valence-electron chi connectivity index (χ3n) is 13.8. The summed E-state index contributed by atoms with van der Waals surface area (Å²) in [6.45, 7) is 5.74. The molecule has 2 fully saturated rings. The van der Waals surface area contributed by atoms with E-state index in [9.17, 15) is 59.4 Å². The number of carbonyl (C=O) groups is 4. The number of aliphatic hydroxyl groups excluding tert-OH is 4. The number of H-pyrrole nitrogens is 1. The molecule has 0 unspecified atom stereocenters. The molecule has 3 aliphatic heterocycles. The number of aliphatic imine (C=N–C) groups is 1. The van der Waals surface area contributed by atoms with E-state index in [-0.39, 0.29) is 44.5 Å². The summed E-state index contributed by atoms with van der Waals surface area (Å²) in [5.74, 6) is -3.31. The summed E-state index contributed by atoms with van der Waals surface area (Å²) in [5, 5.41) is 81.3. The number of aromatic nitrogens is 2. The van der Waals surface area contributed by atoms with Gasteiger partial charge in [0.15, 0.2) is 18.5 Å². The highest BCUT2D eigenvalue weighted by atomic mass is 16.7. The molecule has 3 amide bonds. The second kappa shape index (κ2) is 32.0. The van der Waals surface area contributed by atoms with Gasteiger partial charge in [0, 0.05) is 38.4 Å². The number of nitrogens with one attached hydrogen (secondary N) is 7. The van der Waals surface area contributed by atoms with Crippen LogP contribution in [0.3, 0.4) is 0 Å². The number of aliphatic carboxylic acids is 2. The molecule has 4 heterocycles. The lowest BCUT2D eigenvalue weighted by molar-refractivity contribution is -0.228. The van der Waals surface area contributed by atoms with Crippen molar-refractivity contribution in [2.75, 3.05) is 32.7 Å². The molecule has 3 aliphatic rings. The van der Waals surface area contributed by atoms with Gasteiger partial charge >= 0.3 is 23.7 Å². The van der Waals surface area contributed by atoms with Crippen LogP contribution < -0.4 is 54.6 Å². The Kier molecular flexibility index (Phi) is 26.7. The molecule has 1 aromatic heterocycles. The number of hydrogen-bond donors (Lipinski definition) is 15. The van der Waals surface area contributed by atoms with Gasteiger partial charge in [-0.2, -0.15) is 0 Å². The lowest BCUT2D eigenvalue weighted by Crippen LogP contribution is -2.62.